The zero-order chi connectivity index (χ0) is 8.91. The van der Waals surface area contributed by atoms with Crippen LogP contribution in [0.25, 0.3) is 0 Å². The second-order valence-electron chi connectivity index (χ2n) is 2.13. The fourth-order valence-corrected chi connectivity index (χ4v) is 0.623. The van der Waals surface area contributed by atoms with Crippen molar-refractivity contribution in [2.45, 2.75) is 19.3 Å². The Morgan fingerprint density at radius 3 is 2.82 bits per heavy atom. The number of hydrogen-bond donors (Lipinski definition) is 2. The minimum Gasteiger partial charge on any atom is -0.353 e. The van der Waals surface area contributed by atoms with Crippen molar-refractivity contribution in [2.75, 3.05) is 6.61 Å². The van der Waals surface area contributed by atoms with Gasteiger partial charge in [0.2, 0.25) is 5.91 Å². The van der Waals surface area contributed by atoms with E-state index in [1.54, 1.807) is 6.92 Å². The molecule has 3 N–H and O–H groups in total. The largest absolute Gasteiger partial charge is 0.353 e. The van der Waals surface area contributed by atoms with Crippen molar-refractivity contribution >= 4 is 5.78 Å². The smallest absolute Gasteiger partial charge is 0.229 e. The summed E-state index contributed by atoms with van der Waals surface area (Å²) in [6.07, 6.45) is 0.835. The molecule has 0 aromatic heterocycles. The number of carbonyl (C=O) groups is 1. The van der Waals surface area contributed by atoms with Gasteiger partial charge < -0.3 is 9.84 Å². The maximum absolute atomic E-state index is 10.7. The molecule has 0 bridgehead atoms. The molecule has 0 spiro atoms. The van der Waals surface area contributed by atoms with Gasteiger partial charge in [-0.3, -0.25) is 10.5 Å². The summed E-state index contributed by atoms with van der Waals surface area (Å²) in [5.74, 6) is -2.19. The van der Waals surface area contributed by atoms with E-state index in [0.29, 0.717) is 0 Å². The second kappa shape index (κ2) is 4.23. The number of nitrogens with two attached hydrogens (primary N) is 1. The summed E-state index contributed by atoms with van der Waals surface area (Å²) in [6.45, 7) is 5.17. The normalized spacial score (nSPS) is 15.5. The summed E-state index contributed by atoms with van der Waals surface area (Å²) in [4.78, 5) is 10.7. The molecule has 0 rings (SSSR count). The molecule has 0 fully saturated rings. The van der Waals surface area contributed by atoms with E-state index < -0.39 is 5.91 Å². The van der Waals surface area contributed by atoms with E-state index in [4.69, 9.17) is 10.8 Å². The van der Waals surface area contributed by atoms with Crippen molar-refractivity contribution in [3.63, 3.8) is 0 Å². The first-order chi connectivity index (χ1) is 5.02. The van der Waals surface area contributed by atoms with Gasteiger partial charge in [0.15, 0.2) is 5.78 Å². The van der Waals surface area contributed by atoms with E-state index >= 15 is 0 Å². The topological polar surface area (TPSA) is 72.6 Å². The number of ether oxygens (including phenoxy) is 1. The molecule has 64 valence electrons. The minimum atomic E-state index is -1.85. The Morgan fingerprint density at radius 1 is 1.91 bits per heavy atom. The van der Waals surface area contributed by atoms with Crippen molar-refractivity contribution in [2.24, 2.45) is 5.73 Å². The van der Waals surface area contributed by atoms with Crippen LogP contribution in [-0.2, 0) is 9.53 Å². The quantitative estimate of drug-likeness (QED) is 0.429. The predicted molar refractivity (Wildman–Crippen MR) is 40.6 cm³/mol. The third-order valence-corrected chi connectivity index (χ3v) is 1.05. The summed E-state index contributed by atoms with van der Waals surface area (Å²) in [6, 6.07) is 0. The highest BCUT2D eigenvalue weighted by Crippen LogP contribution is 2.04. The average Bonchev–Trinajstić information content (AvgIpc) is 1.86. The lowest BCUT2D eigenvalue weighted by molar-refractivity contribution is -0.199. The lowest BCUT2D eigenvalue weighted by Crippen LogP contribution is -2.44. The lowest BCUT2D eigenvalue weighted by Gasteiger charge is -2.20. The molecule has 0 aliphatic carbocycles. The first kappa shape index (κ1) is 10.3. The van der Waals surface area contributed by atoms with Gasteiger partial charge in [-0.1, -0.05) is 6.58 Å². The third-order valence-electron chi connectivity index (χ3n) is 1.05. The monoisotopic (exact) mass is 159 g/mol. The Labute approximate surface area is 65.6 Å². The van der Waals surface area contributed by atoms with Crippen molar-refractivity contribution in [3.8, 4) is 0 Å². The molecular weight excluding hydrogens is 146 g/mol. The summed E-state index contributed by atoms with van der Waals surface area (Å²) in [5.41, 5.74) is 5.17. The molecular formula is C7H13NO3. The maximum atomic E-state index is 10.7. The molecule has 11 heavy (non-hydrogen) atoms. The van der Waals surface area contributed by atoms with Gasteiger partial charge in [-0.05, 0) is 13.0 Å². The number of rotatable bonds is 5. The van der Waals surface area contributed by atoms with E-state index in [9.17, 15) is 4.79 Å². The number of hydrogen-bond acceptors (Lipinski definition) is 4. The third kappa shape index (κ3) is 4.66. The van der Waals surface area contributed by atoms with Crippen LogP contribution in [0, 0.1) is 0 Å². The average molecular weight is 159 g/mol. The van der Waals surface area contributed by atoms with Crippen LogP contribution in [-0.4, -0.2) is 23.4 Å². The molecule has 0 amide bonds. The van der Waals surface area contributed by atoms with Gasteiger partial charge in [0, 0.05) is 6.61 Å². The minimum absolute atomic E-state index is 0.260. The zero-order valence-corrected chi connectivity index (χ0v) is 6.54. The molecule has 0 aromatic carbocycles. The fraction of sp³-hybridized carbons (Fsp3) is 0.571. The first-order valence-corrected chi connectivity index (χ1v) is 3.32. The predicted octanol–water partition coefficient (Wildman–Crippen LogP) is -0.227. The Balaban J connectivity index is 3.89. The van der Waals surface area contributed by atoms with Crippen molar-refractivity contribution < 1.29 is 14.6 Å². The Morgan fingerprint density at radius 2 is 2.45 bits per heavy atom. The van der Waals surface area contributed by atoms with Gasteiger partial charge in [-0.2, -0.15) is 0 Å². The van der Waals surface area contributed by atoms with E-state index in [1.165, 1.54) is 0 Å². The van der Waals surface area contributed by atoms with Crippen LogP contribution in [0.3, 0.4) is 0 Å². The molecule has 1 atom stereocenters. The van der Waals surface area contributed by atoms with Gasteiger partial charge in [-0.15, -0.1) is 0 Å². The van der Waals surface area contributed by atoms with Gasteiger partial charge >= 0.3 is 0 Å². The summed E-state index contributed by atoms with van der Waals surface area (Å²) < 4.78 is 4.67. The molecule has 4 nitrogen and oxygen atoms in total. The van der Waals surface area contributed by atoms with Crippen LogP contribution in [0.2, 0.25) is 0 Å². The number of aliphatic hydroxyl groups is 1. The van der Waals surface area contributed by atoms with Crippen LogP contribution in [0.5, 0.6) is 0 Å². The highest BCUT2D eigenvalue weighted by atomic mass is 16.6. The molecule has 0 aromatic rings. The molecule has 1 unspecified atom stereocenters. The molecule has 0 heterocycles. The molecule has 0 radical (unpaired) electrons. The van der Waals surface area contributed by atoms with Crippen molar-refractivity contribution in [1.82, 2.24) is 0 Å². The van der Waals surface area contributed by atoms with Crippen LogP contribution in [0.4, 0.5) is 0 Å². The number of ketones is 1. The maximum Gasteiger partial charge on any atom is 0.229 e. The van der Waals surface area contributed by atoms with Gasteiger partial charge in [0.1, 0.15) is 0 Å². The number of allylic oxidation sites excluding steroid dienone is 1. The second-order valence-corrected chi connectivity index (χ2v) is 2.13. The van der Waals surface area contributed by atoms with E-state index in [2.05, 4.69) is 11.3 Å². The fourth-order valence-electron chi connectivity index (χ4n) is 0.623. The van der Waals surface area contributed by atoms with E-state index in [-0.39, 0.29) is 18.8 Å². The van der Waals surface area contributed by atoms with E-state index in [1.807, 2.05) is 0 Å². The van der Waals surface area contributed by atoms with Gasteiger partial charge in [0.05, 0.1) is 6.42 Å². The standard InChI is InChI=1S/C7H13NO3/c1-3-6(9)5-7(8,10)11-4-2/h3,10H,1,4-5,8H2,2H3. The van der Waals surface area contributed by atoms with Crippen LogP contribution in [0.1, 0.15) is 13.3 Å². The van der Waals surface area contributed by atoms with E-state index in [0.717, 1.165) is 6.08 Å². The molecule has 4 heteroatoms. The highest BCUT2D eigenvalue weighted by molar-refractivity contribution is 5.89. The van der Waals surface area contributed by atoms with Crippen LogP contribution >= 0.6 is 0 Å². The Kier molecular flexibility index (Phi) is 3.95. The zero-order valence-electron chi connectivity index (χ0n) is 6.54. The summed E-state index contributed by atoms with van der Waals surface area (Å²) >= 11 is 0. The molecule has 0 saturated heterocycles. The Hall–Kier alpha value is -0.710. The molecule has 0 aliphatic rings. The Bertz CT molecular complexity index is 154. The van der Waals surface area contributed by atoms with Crippen molar-refractivity contribution in [1.29, 1.82) is 0 Å². The van der Waals surface area contributed by atoms with Crippen LogP contribution < -0.4 is 5.73 Å². The summed E-state index contributed by atoms with van der Waals surface area (Å²) in [7, 11) is 0. The molecule has 0 aliphatic heterocycles. The van der Waals surface area contributed by atoms with Crippen molar-refractivity contribution in [3.05, 3.63) is 12.7 Å². The van der Waals surface area contributed by atoms with Gasteiger partial charge in [-0.25, -0.2) is 0 Å². The van der Waals surface area contributed by atoms with Gasteiger partial charge in [0.25, 0.3) is 0 Å². The molecule has 0 saturated carbocycles. The highest BCUT2D eigenvalue weighted by Gasteiger charge is 2.23. The lowest BCUT2D eigenvalue weighted by atomic mass is 10.2. The summed E-state index contributed by atoms with van der Waals surface area (Å²) in [5, 5.41) is 9.10. The first-order valence-electron chi connectivity index (χ1n) is 3.32. The van der Waals surface area contributed by atoms with Crippen LogP contribution in [0.15, 0.2) is 12.7 Å². The number of carbonyl (C=O) groups excluding carboxylic acids is 1. The SMILES string of the molecule is C=CC(=O)CC(N)(O)OCC.